The average molecular weight is 310 g/mol. The molecule has 0 radical (unpaired) electrons. The van der Waals surface area contributed by atoms with Crippen LogP contribution in [0.5, 0.6) is 11.6 Å². The molecular weight excluding hydrogens is 301 g/mol. The quantitative estimate of drug-likeness (QED) is 0.500. The van der Waals surface area contributed by atoms with Gasteiger partial charge in [-0.05, 0) is 6.92 Å². The fraction of sp³-hybridized carbons (Fsp3) is 0.400. The van der Waals surface area contributed by atoms with Crippen molar-refractivity contribution < 1.29 is 37.5 Å². The van der Waals surface area contributed by atoms with Crippen molar-refractivity contribution in [1.29, 1.82) is 0 Å². The largest absolute Gasteiger partial charge is 0.574 e. The van der Waals surface area contributed by atoms with Crippen molar-refractivity contribution in [2.75, 3.05) is 6.61 Å². The third kappa shape index (κ3) is 4.78. The van der Waals surface area contributed by atoms with E-state index in [0.717, 1.165) is 0 Å². The van der Waals surface area contributed by atoms with Gasteiger partial charge in [0.25, 0.3) is 11.6 Å². The Morgan fingerprint density at radius 1 is 1.52 bits per heavy atom. The molecule has 0 aliphatic heterocycles. The maximum absolute atomic E-state index is 12.1. The SMILES string of the molecule is CCOC(=O)Cc1nc(OC(F)(F)F)c(O)cc1[N+](=O)[O-]. The molecule has 1 aromatic heterocycles. The lowest BCUT2D eigenvalue weighted by molar-refractivity contribution is -0.386. The Morgan fingerprint density at radius 2 is 2.14 bits per heavy atom. The fourth-order valence-electron chi connectivity index (χ4n) is 1.33. The molecule has 1 heterocycles. The van der Waals surface area contributed by atoms with E-state index >= 15 is 0 Å². The first-order chi connectivity index (χ1) is 9.64. The molecule has 21 heavy (non-hydrogen) atoms. The molecule has 0 spiro atoms. The number of halogens is 3. The summed E-state index contributed by atoms with van der Waals surface area (Å²) < 4.78 is 44.2. The first-order valence-corrected chi connectivity index (χ1v) is 5.42. The van der Waals surface area contributed by atoms with Crippen LogP contribution in [0.15, 0.2) is 6.07 Å². The van der Waals surface area contributed by atoms with Crippen LogP contribution in [0.4, 0.5) is 18.9 Å². The van der Waals surface area contributed by atoms with Gasteiger partial charge in [-0.1, -0.05) is 0 Å². The van der Waals surface area contributed by atoms with Crippen LogP contribution in [0, 0.1) is 10.1 Å². The first kappa shape index (κ1) is 16.5. The van der Waals surface area contributed by atoms with E-state index in [4.69, 9.17) is 0 Å². The minimum Gasteiger partial charge on any atom is -0.503 e. The van der Waals surface area contributed by atoms with Gasteiger partial charge in [0.2, 0.25) is 0 Å². The number of aromatic hydroxyl groups is 1. The molecular formula is C10H9F3N2O6. The normalized spacial score (nSPS) is 11.0. The molecule has 0 aliphatic carbocycles. The van der Waals surface area contributed by atoms with E-state index in [0.29, 0.717) is 6.07 Å². The Morgan fingerprint density at radius 3 is 2.62 bits per heavy atom. The zero-order valence-corrected chi connectivity index (χ0v) is 10.5. The number of carbonyl (C=O) groups is 1. The summed E-state index contributed by atoms with van der Waals surface area (Å²) in [6, 6.07) is 0.419. The van der Waals surface area contributed by atoms with E-state index in [1.165, 1.54) is 6.92 Å². The molecule has 0 aliphatic rings. The van der Waals surface area contributed by atoms with Crippen molar-refractivity contribution in [1.82, 2.24) is 4.98 Å². The standard InChI is InChI=1S/C10H9F3N2O6/c1-2-20-8(17)3-5-6(15(18)19)4-7(16)9(14-5)21-10(11,12)13/h4,16H,2-3H2,1H3. The van der Waals surface area contributed by atoms with E-state index in [1.54, 1.807) is 0 Å². The van der Waals surface area contributed by atoms with Crippen molar-refractivity contribution in [3.63, 3.8) is 0 Å². The molecule has 116 valence electrons. The molecule has 1 aromatic rings. The predicted octanol–water partition coefficient (Wildman–Crippen LogP) is 1.70. The highest BCUT2D eigenvalue weighted by Gasteiger charge is 2.34. The summed E-state index contributed by atoms with van der Waals surface area (Å²) in [5, 5.41) is 20.0. The molecule has 1 rings (SSSR count). The molecule has 11 heteroatoms. The highest BCUT2D eigenvalue weighted by atomic mass is 19.4. The van der Waals surface area contributed by atoms with Crippen LogP contribution in [-0.4, -0.2) is 34.0 Å². The summed E-state index contributed by atoms with van der Waals surface area (Å²) in [6.45, 7) is 1.46. The summed E-state index contributed by atoms with van der Waals surface area (Å²) in [7, 11) is 0. The number of hydrogen-bond donors (Lipinski definition) is 1. The van der Waals surface area contributed by atoms with Crippen LogP contribution in [0.3, 0.4) is 0 Å². The second kappa shape index (κ2) is 6.24. The Kier molecular flexibility index (Phi) is 4.89. The number of ether oxygens (including phenoxy) is 2. The zero-order chi connectivity index (χ0) is 16.2. The fourth-order valence-corrected chi connectivity index (χ4v) is 1.33. The van der Waals surface area contributed by atoms with Crippen LogP contribution in [0.2, 0.25) is 0 Å². The Balaban J connectivity index is 3.21. The Hall–Kier alpha value is -2.59. The minimum absolute atomic E-state index is 0.0172. The lowest BCUT2D eigenvalue weighted by atomic mass is 10.2. The molecule has 8 nitrogen and oxygen atoms in total. The summed E-state index contributed by atoms with van der Waals surface area (Å²) in [5.41, 5.74) is -1.44. The highest BCUT2D eigenvalue weighted by molar-refractivity contribution is 5.73. The minimum atomic E-state index is -5.15. The van der Waals surface area contributed by atoms with E-state index < -0.39 is 46.7 Å². The number of rotatable bonds is 5. The van der Waals surface area contributed by atoms with E-state index in [1.807, 2.05) is 0 Å². The van der Waals surface area contributed by atoms with Gasteiger partial charge in [0.1, 0.15) is 5.69 Å². The molecule has 1 N–H and O–H groups in total. The number of esters is 1. The number of nitrogens with zero attached hydrogens (tertiary/aromatic N) is 2. The van der Waals surface area contributed by atoms with Crippen molar-refractivity contribution in [3.8, 4) is 11.6 Å². The second-order valence-electron chi connectivity index (χ2n) is 3.57. The smallest absolute Gasteiger partial charge is 0.503 e. The summed E-state index contributed by atoms with van der Waals surface area (Å²) in [6.07, 6.45) is -5.89. The van der Waals surface area contributed by atoms with Crippen molar-refractivity contribution in [3.05, 3.63) is 21.9 Å². The lowest BCUT2D eigenvalue weighted by Crippen LogP contribution is -2.19. The van der Waals surface area contributed by atoms with Gasteiger partial charge in [0.15, 0.2) is 5.75 Å². The van der Waals surface area contributed by atoms with Gasteiger partial charge >= 0.3 is 12.3 Å². The third-order valence-corrected chi connectivity index (χ3v) is 2.05. The monoisotopic (exact) mass is 310 g/mol. The van der Waals surface area contributed by atoms with Crippen LogP contribution >= 0.6 is 0 Å². The molecule has 0 atom stereocenters. The summed E-state index contributed by atoms with van der Waals surface area (Å²) in [5.74, 6) is -3.38. The van der Waals surface area contributed by atoms with Gasteiger partial charge in [0.05, 0.1) is 24.0 Å². The van der Waals surface area contributed by atoms with Crippen LogP contribution in [0.1, 0.15) is 12.6 Å². The second-order valence-corrected chi connectivity index (χ2v) is 3.57. The van der Waals surface area contributed by atoms with Crippen LogP contribution in [-0.2, 0) is 16.0 Å². The topological polar surface area (TPSA) is 112 Å². The molecule has 0 saturated heterocycles. The summed E-state index contributed by atoms with van der Waals surface area (Å²) in [4.78, 5) is 24.2. The van der Waals surface area contributed by atoms with Crippen LogP contribution < -0.4 is 4.74 Å². The van der Waals surface area contributed by atoms with Gasteiger partial charge in [-0.25, -0.2) is 4.98 Å². The lowest BCUT2D eigenvalue weighted by Gasteiger charge is -2.10. The molecule has 0 saturated carbocycles. The number of hydrogen-bond acceptors (Lipinski definition) is 7. The first-order valence-electron chi connectivity index (χ1n) is 5.42. The highest BCUT2D eigenvalue weighted by Crippen LogP contribution is 2.34. The molecule has 0 bridgehead atoms. The number of carbonyl (C=O) groups excluding carboxylic acids is 1. The van der Waals surface area contributed by atoms with Crippen molar-refractivity contribution >= 4 is 11.7 Å². The van der Waals surface area contributed by atoms with E-state index in [9.17, 15) is 33.2 Å². The van der Waals surface area contributed by atoms with E-state index in [-0.39, 0.29) is 6.61 Å². The maximum Gasteiger partial charge on any atom is 0.574 e. The predicted molar refractivity (Wildman–Crippen MR) is 59.6 cm³/mol. The summed E-state index contributed by atoms with van der Waals surface area (Å²) >= 11 is 0. The third-order valence-electron chi connectivity index (χ3n) is 2.05. The van der Waals surface area contributed by atoms with Crippen LogP contribution in [0.25, 0.3) is 0 Å². The van der Waals surface area contributed by atoms with Gasteiger partial charge in [0, 0.05) is 0 Å². The molecule has 0 aromatic carbocycles. The van der Waals surface area contributed by atoms with Gasteiger partial charge in [-0.15, -0.1) is 13.2 Å². The molecule has 0 amide bonds. The molecule has 0 unspecified atom stereocenters. The Labute approximate surface area is 115 Å². The molecule has 0 fully saturated rings. The number of alkyl halides is 3. The Bertz CT molecular complexity index is 560. The zero-order valence-electron chi connectivity index (χ0n) is 10.5. The van der Waals surface area contributed by atoms with Crippen molar-refractivity contribution in [2.24, 2.45) is 0 Å². The van der Waals surface area contributed by atoms with E-state index in [2.05, 4.69) is 14.5 Å². The number of aromatic nitrogens is 1. The van der Waals surface area contributed by atoms with Gasteiger partial charge < -0.3 is 14.6 Å². The maximum atomic E-state index is 12.1. The number of nitro groups is 1. The van der Waals surface area contributed by atoms with Gasteiger partial charge in [-0.2, -0.15) is 0 Å². The van der Waals surface area contributed by atoms with Crippen molar-refractivity contribution in [2.45, 2.75) is 19.7 Å². The average Bonchev–Trinajstić information content (AvgIpc) is 2.31. The van der Waals surface area contributed by atoms with Gasteiger partial charge in [-0.3, -0.25) is 14.9 Å². The number of pyridine rings is 1.